The number of methoxy groups -OCH3 is 1. The third kappa shape index (κ3) is 3.05. The van der Waals surface area contributed by atoms with Crippen LogP contribution in [0.15, 0.2) is 47.4 Å². The minimum absolute atomic E-state index is 0.0194. The molecule has 5 nitrogen and oxygen atoms in total. The van der Waals surface area contributed by atoms with E-state index in [0.717, 1.165) is 40.4 Å². The molecule has 0 saturated carbocycles. The van der Waals surface area contributed by atoms with E-state index in [9.17, 15) is 9.59 Å². The molecule has 2 aromatic rings. The van der Waals surface area contributed by atoms with Crippen LogP contribution >= 0.6 is 11.8 Å². The molecular formula is C20H20N2O3S. The number of anilines is 2. The number of amides is 2. The molecule has 2 heterocycles. The Morgan fingerprint density at radius 3 is 2.88 bits per heavy atom. The Labute approximate surface area is 156 Å². The van der Waals surface area contributed by atoms with Gasteiger partial charge in [0, 0.05) is 17.1 Å². The third-order valence-corrected chi connectivity index (χ3v) is 5.86. The predicted octanol–water partition coefficient (Wildman–Crippen LogP) is 3.11. The van der Waals surface area contributed by atoms with Crippen LogP contribution in [-0.4, -0.2) is 37.8 Å². The molecule has 2 aromatic carbocycles. The Balaban J connectivity index is 1.59. The van der Waals surface area contributed by atoms with Crippen molar-refractivity contribution in [2.75, 3.05) is 35.8 Å². The van der Waals surface area contributed by atoms with E-state index in [-0.39, 0.29) is 18.4 Å². The maximum atomic E-state index is 13.0. The molecule has 0 aliphatic carbocycles. The van der Waals surface area contributed by atoms with Crippen molar-refractivity contribution in [3.8, 4) is 5.75 Å². The zero-order chi connectivity index (χ0) is 18.1. The first-order valence-electron chi connectivity index (χ1n) is 8.67. The molecule has 0 radical (unpaired) electrons. The summed E-state index contributed by atoms with van der Waals surface area (Å²) in [5.41, 5.74) is 2.87. The Morgan fingerprint density at radius 1 is 1.19 bits per heavy atom. The topological polar surface area (TPSA) is 49.9 Å². The van der Waals surface area contributed by atoms with Crippen molar-refractivity contribution in [3.63, 3.8) is 0 Å². The minimum Gasteiger partial charge on any atom is -0.497 e. The van der Waals surface area contributed by atoms with Gasteiger partial charge in [-0.05, 0) is 48.7 Å². The highest BCUT2D eigenvalue weighted by molar-refractivity contribution is 8.00. The molecule has 0 N–H and O–H groups in total. The number of aryl methyl sites for hydroxylation is 1. The van der Waals surface area contributed by atoms with Crippen LogP contribution in [0.1, 0.15) is 12.0 Å². The number of hydrogen-bond donors (Lipinski definition) is 0. The second kappa shape index (κ2) is 7.03. The lowest BCUT2D eigenvalue weighted by molar-refractivity contribution is -0.121. The molecule has 0 spiro atoms. The van der Waals surface area contributed by atoms with Gasteiger partial charge in [0.1, 0.15) is 12.3 Å². The van der Waals surface area contributed by atoms with Crippen molar-refractivity contribution in [1.82, 2.24) is 0 Å². The molecule has 0 saturated heterocycles. The summed E-state index contributed by atoms with van der Waals surface area (Å²) in [5, 5.41) is 0. The van der Waals surface area contributed by atoms with E-state index >= 15 is 0 Å². The van der Waals surface area contributed by atoms with Gasteiger partial charge in [-0.3, -0.25) is 9.59 Å². The summed E-state index contributed by atoms with van der Waals surface area (Å²) in [6.07, 6.45) is 1.84. The van der Waals surface area contributed by atoms with E-state index in [0.29, 0.717) is 12.3 Å². The number of para-hydroxylation sites is 1. The van der Waals surface area contributed by atoms with E-state index in [2.05, 4.69) is 0 Å². The normalized spacial score (nSPS) is 16.1. The molecule has 2 aliphatic heterocycles. The fraction of sp³-hybridized carbons (Fsp3) is 0.300. The number of benzene rings is 2. The van der Waals surface area contributed by atoms with Crippen molar-refractivity contribution in [3.05, 3.63) is 48.0 Å². The van der Waals surface area contributed by atoms with Gasteiger partial charge in [0.25, 0.3) is 0 Å². The van der Waals surface area contributed by atoms with Crippen LogP contribution in [0.2, 0.25) is 0 Å². The number of carbonyl (C=O) groups is 2. The monoisotopic (exact) mass is 368 g/mol. The third-order valence-electron chi connectivity index (χ3n) is 4.81. The first-order chi connectivity index (χ1) is 12.7. The van der Waals surface area contributed by atoms with Crippen LogP contribution in [0.3, 0.4) is 0 Å². The van der Waals surface area contributed by atoms with Crippen molar-refractivity contribution in [2.45, 2.75) is 17.7 Å². The van der Waals surface area contributed by atoms with E-state index in [4.69, 9.17) is 4.74 Å². The van der Waals surface area contributed by atoms with E-state index in [1.165, 1.54) is 11.8 Å². The summed E-state index contributed by atoms with van der Waals surface area (Å²) < 4.78 is 5.29. The SMILES string of the molecule is COc1ccc2c(c1)CCCN2C(=O)CN1C(=O)CSc2ccccc21. The molecule has 0 atom stereocenters. The number of rotatable bonds is 3. The van der Waals surface area contributed by atoms with Gasteiger partial charge in [0.2, 0.25) is 11.8 Å². The Hall–Kier alpha value is -2.47. The van der Waals surface area contributed by atoms with Crippen molar-refractivity contribution in [2.24, 2.45) is 0 Å². The molecule has 0 aromatic heterocycles. The number of hydrogen-bond acceptors (Lipinski definition) is 4. The highest BCUT2D eigenvalue weighted by atomic mass is 32.2. The minimum atomic E-state index is -0.0498. The van der Waals surface area contributed by atoms with Crippen LogP contribution < -0.4 is 14.5 Å². The molecule has 0 unspecified atom stereocenters. The second-order valence-electron chi connectivity index (χ2n) is 6.38. The Morgan fingerprint density at radius 2 is 2.04 bits per heavy atom. The zero-order valence-corrected chi connectivity index (χ0v) is 15.4. The average Bonchev–Trinajstić information content (AvgIpc) is 2.69. The maximum absolute atomic E-state index is 13.0. The lowest BCUT2D eigenvalue weighted by Crippen LogP contribution is -2.46. The van der Waals surface area contributed by atoms with Gasteiger partial charge >= 0.3 is 0 Å². The first kappa shape index (κ1) is 17.0. The fourth-order valence-electron chi connectivity index (χ4n) is 3.51. The average molecular weight is 368 g/mol. The molecule has 6 heteroatoms. The van der Waals surface area contributed by atoms with Gasteiger partial charge < -0.3 is 14.5 Å². The van der Waals surface area contributed by atoms with Crippen LogP contribution in [0.25, 0.3) is 0 Å². The van der Waals surface area contributed by atoms with E-state index in [1.807, 2.05) is 42.5 Å². The van der Waals surface area contributed by atoms with Crippen LogP contribution in [0, 0.1) is 0 Å². The summed E-state index contributed by atoms with van der Waals surface area (Å²) in [5.74, 6) is 1.10. The van der Waals surface area contributed by atoms with Gasteiger partial charge in [-0.2, -0.15) is 0 Å². The van der Waals surface area contributed by atoms with E-state index in [1.54, 1.807) is 16.9 Å². The fourth-order valence-corrected chi connectivity index (χ4v) is 4.44. The number of nitrogens with zero attached hydrogens (tertiary/aromatic N) is 2. The highest BCUT2D eigenvalue weighted by Gasteiger charge is 2.30. The number of thioether (sulfide) groups is 1. The van der Waals surface area contributed by atoms with Crippen molar-refractivity contribution in [1.29, 1.82) is 0 Å². The molecule has 0 fully saturated rings. The molecular weight excluding hydrogens is 348 g/mol. The summed E-state index contributed by atoms with van der Waals surface area (Å²) in [7, 11) is 1.64. The van der Waals surface area contributed by atoms with E-state index < -0.39 is 0 Å². The van der Waals surface area contributed by atoms with Gasteiger partial charge in [0.05, 0.1) is 18.6 Å². The summed E-state index contributed by atoms with van der Waals surface area (Å²) >= 11 is 1.53. The number of carbonyl (C=O) groups excluding carboxylic acids is 2. The number of ether oxygens (including phenoxy) is 1. The lowest BCUT2D eigenvalue weighted by Gasteiger charge is -2.33. The standard InChI is InChI=1S/C20H20N2O3S/c1-25-15-8-9-16-14(11-15)5-4-10-21(16)19(23)12-22-17-6-2-3-7-18(17)26-13-20(22)24/h2-3,6-9,11H,4-5,10,12-13H2,1H3. The van der Waals surface area contributed by atoms with Gasteiger partial charge in [-0.1, -0.05) is 12.1 Å². The van der Waals surface area contributed by atoms with Gasteiger partial charge in [-0.15, -0.1) is 11.8 Å². The molecule has 134 valence electrons. The summed E-state index contributed by atoms with van der Waals surface area (Å²) in [6, 6.07) is 13.6. The van der Waals surface area contributed by atoms with Crippen LogP contribution in [-0.2, 0) is 16.0 Å². The molecule has 0 bridgehead atoms. The van der Waals surface area contributed by atoms with Gasteiger partial charge in [0.15, 0.2) is 0 Å². The lowest BCUT2D eigenvalue weighted by atomic mass is 10.0. The summed E-state index contributed by atoms with van der Waals surface area (Å²) in [6.45, 7) is 0.748. The Kier molecular flexibility index (Phi) is 4.59. The first-order valence-corrected chi connectivity index (χ1v) is 9.65. The highest BCUT2D eigenvalue weighted by Crippen LogP contribution is 2.35. The molecule has 26 heavy (non-hydrogen) atoms. The van der Waals surface area contributed by atoms with Crippen LogP contribution in [0.4, 0.5) is 11.4 Å². The quantitative estimate of drug-likeness (QED) is 0.835. The largest absolute Gasteiger partial charge is 0.497 e. The second-order valence-corrected chi connectivity index (χ2v) is 7.40. The van der Waals surface area contributed by atoms with Crippen LogP contribution in [0.5, 0.6) is 5.75 Å². The predicted molar refractivity (Wildman–Crippen MR) is 103 cm³/mol. The van der Waals surface area contributed by atoms with Crippen molar-refractivity contribution < 1.29 is 14.3 Å². The summed E-state index contributed by atoms with van der Waals surface area (Å²) in [4.78, 5) is 29.9. The number of fused-ring (bicyclic) bond motifs is 2. The Bertz CT molecular complexity index is 868. The smallest absolute Gasteiger partial charge is 0.247 e. The molecule has 4 rings (SSSR count). The molecule has 2 aliphatic rings. The molecule has 2 amide bonds. The van der Waals surface area contributed by atoms with Crippen molar-refractivity contribution >= 4 is 35.0 Å². The maximum Gasteiger partial charge on any atom is 0.247 e. The zero-order valence-electron chi connectivity index (χ0n) is 14.6. The van der Waals surface area contributed by atoms with Gasteiger partial charge in [-0.25, -0.2) is 0 Å².